The van der Waals surface area contributed by atoms with E-state index in [9.17, 15) is 0 Å². The maximum absolute atomic E-state index is 7.21. The molecule has 7 atom stereocenters. The summed E-state index contributed by atoms with van der Waals surface area (Å²) in [5.41, 5.74) is 7.98. The highest BCUT2D eigenvalue weighted by atomic mass is 16.5. The zero-order chi connectivity index (χ0) is 34.9. The number of allylic oxidation sites excluding steroid dienone is 12. The summed E-state index contributed by atoms with van der Waals surface area (Å²) in [5, 5.41) is 0. The minimum Gasteiger partial charge on any atom is -0.486 e. The number of hydrogen-bond acceptors (Lipinski definition) is 4. The molecule has 2 aromatic rings. The molecule has 11 rings (SSSR count). The highest BCUT2D eigenvalue weighted by molar-refractivity contribution is 5.68. The predicted octanol–water partition coefficient (Wildman–Crippen LogP) is 11.9. The van der Waals surface area contributed by atoms with E-state index in [1.807, 2.05) is 0 Å². The van der Waals surface area contributed by atoms with E-state index >= 15 is 0 Å². The van der Waals surface area contributed by atoms with Gasteiger partial charge in [-0.2, -0.15) is 0 Å². The summed E-state index contributed by atoms with van der Waals surface area (Å²) in [6, 6.07) is 18.2. The first-order valence-electron chi connectivity index (χ1n) is 20.8. The van der Waals surface area contributed by atoms with Gasteiger partial charge >= 0.3 is 0 Å². The highest BCUT2D eigenvalue weighted by Gasteiger charge is 2.59. The Hall–Kier alpha value is -4.44. The Morgan fingerprint density at radius 3 is 2.49 bits per heavy atom. The molecule has 4 heteroatoms. The van der Waals surface area contributed by atoms with Crippen molar-refractivity contribution in [1.29, 1.82) is 0 Å². The van der Waals surface area contributed by atoms with Crippen LogP contribution < -0.4 is 14.4 Å². The van der Waals surface area contributed by atoms with Crippen LogP contribution in [0, 0.1) is 23.7 Å². The van der Waals surface area contributed by atoms with Crippen LogP contribution in [0.2, 0.25) is 0 Å². The Labute approximate surface area is 315 Å². The Balaban J connectivity index is 1.01. The van der Waals surface area contributed by atoms with Crippen LogP contribution >= 0.6 is 0 Å². The van der Waals surface area contributed by atoms with Crippen LogP contribution in [0.25, 0.3) is 0 Å². The molecule has 0 N–H and O–H groups in total. The van der Waals surface area contributed by atoms with Crippen molar-refractivity contribution >= 4 is 5.69 Å². The summed E-state index contributed by atoms with van der Waals surface area (Å²) >= 11 is 0. The van der Waals surface area contributed by atoms with Crippen LogP contribution in [-0.4, -0.2) is 12.1 Å². The smallest absolute Gasteiger partial charge is 0.150 e. The number of ether oxygens (including phenoxy) is 3. The third kappa shape index (κ3) is 5.00. The molecule has 6 aliphatic carbocycles. The van der Waals surface area contributed by atoms with Crippen molar-refractivity contribution in [2.75, 3.05) is 4.90 Å². The molecule has 7 unspecified atom stereocenters. The van der Waals surface area contributed by atoms with Gasteiger partial charge in [-0.15, -0.1) is 0 Å². The topological polar surface area (TPSA) is 30.9 Å². The third-order valence-electron chi connectivity index (χ3n) is 14.2. The van der Waals surface area contributed by atoms with E-state index in [1.54, 1.807) is 0 Å². The molecule has 1 saturated heterocycles. The number of anilines is 1. The van der Waals surface area contributed by atoms with Gasteiger partial charge in [-0.05, 0) is 126 Å². The molecule has 270 valence electrons. The SMILES string of the molecule is C1=CCC(C2C=CC3=C(C2)Oc2ccccc2C32C3=CCCC=C3OC3C=C(C4CCCC5=C4Oc4ccccc4N5C4CC=CCC4)CCC32)CC1. The van der Waals surface area contributed by atoms with Crippen molar-refractivity contribution in [2.45, 2.75) is 107 Å². The van der Waals surface area contributed by atoms with Crippen molar-refractivity contribution in [3.8, 4) is 11.5 Å². The Morgan fingerprint density at radius 2 is 1.60 bits per heavy atom. The molecule has 1 spiro atoms. The van der Waals surface area contributed by atoms with Crippen LogP contribution in [0.1, 0.15) is 95.5 Å². The molecule has 3 aliphatic heterocycles. The molecule has 0 aromatic heterocycles. The van der Waals surface area contributed by atoms with Gasteiger partial charge in [0.25, 0.3) is 0 Å². The van der Waals surface area contributed by atoms with Gasteiger partial charge in [-0.3, -0.25) is 0 Å². The molecule has 9 aliphatic rings. The molecule has 4 nitrogen and oxygen atoms in total. The lowest BCUT2D eigenvalue weighted by Gasteiger charge is -2.56. The molecule has 3 heterocycles. The van der Waals surface area contributed by atoms with Gasteiger partial charge in [0.1, 0.15) is 29.1 Å². The summed E-state index contributed by atoms with van der Waals surface area (Å²) in [6.45, 7) is 0. The van der Waals surface area contributed by atoms with Crippen LogP contribution in [0.4, 0.5) is 5.69 Å². The molecule has 53 heavy (non-hydrogen) atoms. The fraction of sp³-hybridized carbons (Fsp3) is 0.429. The fourth-order valence-electron chi connectivity index (χ4n) is 11.9. The van der Waals surface area contributed by atoms with Gasteiger partial charge in [0.2, 0.25) is 0 Å². The summed E-state index contributed by atoms with van der Waals surface area (Å²) in [5.74, 6) is 7.31. The minimum atomic E-state index is -0.294. The van der Waals surface area contributed by atoms with E-state index in [-0.39, 0.29) is 23.4 Å². The molecule has 2 aromatic carbocycles. The van der Waals surface area contributed by atoms with Crippen molar-refractivity contribution in [2.24, 2.45) is 23.7 Å². The monoisotopic (exact) mass is 701 g/mol. The van der Waals surface area contributed by atoms with E-state index in [0.29, 0.717) is 17.9 Å². The van der Waals surface area contributed by atoms with E-state index in [2.05, 4.69) is 108 Å². The van der Waals surface area contributed by atoms with Gasteiger partial charge in [0, 0.05) is 41.0 Å². The number of benzene rings is 2. The van der Waals surface area contributed by atoms with Crippen LogP contribution in [0.15, 0.2) is 143 Å². The van der Waals surface area contributed by atoms with E-state index in [0.717, 1.165) is 75.0 Å². The molecule has 1 fully saturated rings. The lowest BCUT2D eigenvalue weighted by Crippen LogP contribution is -2.53. The summed E-state index contributed by atoms with van der Waals surface area (Å²) in [7, 11) is 0. The molecular weight excluding hydrogens is 651 g/mol. The standard InChI is InChI=1S/C49H51NO3/c1-3-14-32(15-4-1)33-26-28-39-46(30-33)51-43-23-10-7-19-37(43)49(39)38-20-8-11-24-44(38)52-47-31-34(27-29-40(47)49)36-18-13-22-42-48(36)53-45-25-12-9-21-41(45)50(42)35-16-5-2-6-17-35/h1-3,5,7,9-10,12,19-21,23-26,28,31-33,35-36,40,47H,4,6,8,11,13-18,22,27,29-30H2. The maximum Gasteiger partial charge on any atom is 0.150 e. The largest absolute Gasteiger partial charge is 0.486 e. The maximum atomic E-state index is 7.21. The van der Waals surface area contributed by atoms with Crippen molar-refractivity contribution < 1.29 is 14.2 Å². The summed E-state index contributed by atoms with van der Waals surface area (Å²) in [4.78, 5) is 2.69. The second-order valence-corrected chi connectivity index (χ2v) is 16.9. The molecule has 0 radical (unpaired) electrons. The first-order chi connectivity index (χ1) is 26.3. The number of fused-ring (bicyclic) bond motifs is 8. The lowest BCUT2D eigenvalue weighted by atomic mass is 9.52. The lowest BCUT2D eigenvalue weighted by molar-refractivity contribution is 0.0297. The second kappa shape index (κ2) is 12.9. The second-order valence-electron chi connectivity index (χ2n) is 16.9. The highest BCUT2D eigenvalue weighted by Crippen LogP contribution is 2.63. The van der Waals surface area contributed by atoms with Gasteiger partial charge in [-0.25, -0.2) is 0 Å². The van der Waals surface area contributed by atoms with Gasteiger partial charge in [0.05, 0.1) is 16.8 Å². The van der Waals surface area contributed by atoms with E-state index in [1.165, 1.54) is 77.3 Å². The molecule has 0 saturated carbocycles. The van der Waals surface area contributed by atoms with Crippen LogP contribution in [0.5, 0.6) is 11.5 Å². The normalized spacial score (nSPS) is 33.8. The average molecular weight is 702 g/mol. The summed E-state index contributed by atoms with van der Waals surface area (Å²) < 4.78 is 21.2. The van der Waals surface area contributed by atoms with Crippen molar-refractivity contribution in [3.05, 3.63) is 148 Å². The Bertz CT molecular complexity index is 2090. The number of hydrogen-bond donors (Lipinski definition) is 0. The van der Waals surface area contributed by atoms with Crippen molar-refractivity contribution in [1.82, 2.24) is 0 Å². The first kappa shape index (κ1) is 32.0. The fourth-order valence-corrected chi connectivity index (χ4v) is 11.9. The van der Waals surface area contributed by atoms with Gasteiger partial charge in [-0.1, -0.05) is 78.4 Å². The zero-order valence-corrected chi connectivity index (χ0v) is 30.9. The van der Waals surface area contributed by atoms with Crippen molar-refractivity contribution in [3.63, 3.8) is 0 Å². The predicted molar refractivity (Wildman–Crippen MR) is 211 cm³/mol. The number of para-hydroxylation sites is 3. The number of rotatable bonds is 3. The van der Waals surface area contributed by atoms with E-state index < -0.39 is 0 Å². The van der Waals surface area contributed by atoms with E-state index in [4.69, 9.17) is 14.2 Å². The minimum absolute atomic E-state index is 0.0174. The zero-order valence-electron chi connectivity index (χ0n) is 30.9. The third-order valence-corrected chi connectivity index (χ3v) is 14.2. The van der Waals surface area contributed by atoms with Gasteiger partial charge in [0.15, 0.2) is 5.75 Å². The Kier molecular flexibility index (Phi) is 7.77. The summed E-state index contributed by atoms with van der Waals surface area (Å²) in [6.07, 6.45) is 37.7. The molecule has 0 amide bonds. The molecule has 0 bridgehead atoms. The average Bonchev–Trinajstić information content (AvgIpc) is 3.22. The number of nitrogens with zero attached hydrogens (tertiary/aromatic N) is 1. The van der Waals surface area contributed by atoms with Gasteiger partial charge < -0.3 is 19.1 Å². The first-order valence-corrected chi connectivity index (χ1v) is 20.8. The van der Waals surface area contributed by atoms with Crippen LogP contribution in [-0.2, 0) is 10.2 Å². The van der Waals surface area contributed by atoms with Crippen LogP contribution in [0.3, 0.4) is 0 Å². The Morgan fingerprint density at radius 1 is 0.755 bits per heavy atom. The quantitative estimate of drug-likeness (QED) is 0.298. The molecular formula is C49H51NO3.